The van der Waals surface area contributed by atoms with Gasteiger partial charge in [0.15, 0.2) is 0 Å². The van der Waals surface area contributed by atoms with E-state index in [2.05, 4.69) is 0 Å². The van der Waals surface area contributed by atoms with Gasteiger partial charge < -0.3 is 4.74 Å². The molecule has 0 saturated carbocycles. The lowest BCUT2D eigenvalue weighted by atomic mass is 10.4. The van der Waals surface area contributed by atoms with Gasteiger partial charge in [-0.15, -0.1) is 0 Å². The lowest BCUT2D eigenvalue weighted by Gasteiger charge is -1.77. The van der Waals surface area contributed by atoms with Crippen LogP contribution >= 0.6 is 24.4 Å². The number of ether oxygens (including phenoxy) is 1. The molecule has 0 amide bonds. The smallest absolute Gasteiger partial charge is 0.0834 e. The van der Waals surface area contributed by atoms with Gasteiger partial charge in [0, 0.05) is 0 Å². The van der Waals surface area contributed by atoms with E-state index in [9.17, 15) is 0 Å². The Morgan fingerprint density at radius 3 is 1.71 bits per heavy atom. The van der Waals surface area contributed by atoms with Crippen LogP contribution in [0, 0.1) is 0 Å². The second-order valence-corrected chi connectivity index (χ2v) is 2.32. The van der Waals surface area contributed by atoms with Crippen LogP contribution in [0.25, 0.3) is 0 Å². The first-order valence-corrected chi connectivity index (χ1v) is 2.76. The van der Waals surface area contributed by atoms with Crippen molar-refractivity contribution in [3.63, 3.8) is 0 Å². The summed E-state index contributed by atoms with van der Waals surface area (Å²) in [6.45, 7) is 1.13. The molecule has 1 saturated heterocycles. The molecule has 0 spiro atoms. The SMILES string of the molecule is S=C1COCC1=S. The van der Waals surface area contributed by atoms with Gasteiger partial charge in [-0.3, -0.25) is 0 Å². The minimum Gasteiger partial charge on any atom is -0.370 e. The zero-order chi connectivity index (χ0) is 5.28. The van der Waals surface area contributed by atoms with E-state index in [4.69, 9.17) is 29.2 Å². The molecule has 38 valence electrons. The molecule has 7 heavy (non-hydrogen) atoms. The Bertz CT molecular complexity index is 105. The lowest BCUT2D eigenvalue weighted by Crippen LogP contribution is -2.02. The summed E-state index contributed by atoms with van der Waals surface area (Å²) in [5, 5.41) is 0. The molecule has 0 aromatic carbocycles. The molecule has 1 nitrogen and oxygen atoms in total. The van der Waals surface area contributed by atoms with Crippen LogP contribution in [0.15, 0.2) is 0 Å². The highest BCUT2D eigenvalue weighted by Gasteiger charge is 2.11. The zero-order valence-electron chi connectivity index (χ0n) is 3.64. The molecule has 0 aliphatic carbocycles. The van der Waals surface area contributed by atoms with Gasteiger partial charge in [-0.2, -0.15) is 0 Å². The highest BCUT2D eigenvalue weighted by Crippen LogP contribution is 1.96. The fraction of sp³-hybridized carbons (Fsp3) is 0.500. The van der Waals surface area contributed by atoms with Crippen molar-refractivity contribution in [3.05, 3.63) is 0 Å². The topological polar surface area (TPSA) is 9.23 Å². The van der Waals surface area contributed by atoms with Crippen molar-refractivity contribution in [1.29, 1.82) is 0 Å². The minimum atomic E-state index is 0.564. The summed E-state index contributed by atoms with van der Waals surface area (Å²) >= 11 is 9.55. The van der Waals surface area contributed by atoms with Gasteiger partial charge in [-0.05, 0) is 0 Å². The maximum atomic E-state index is 4.89. The van der Waals surface area contributed by atoms with Gasteiger partial charge in [0.25, 0.3) is 0 Å². The highest BCUT2D eigenvalue weighted by molar-refractivity contribution is 7.89. The second-order valence-electron chi connectivity index (χ2n) is 1.34. The predicted octanol–water partition coefficient (Wildman–Crippen LogP) is 0.756. The van der Waals surface area contributed by atoms with Crippen LogP contribution in [-0.4, -0.2) is 22.9 Å². The standard InChI is InChI=1S/C4H4OS2/c6-3-1-5-2-4(3)7/h1-2H2. The first-order chi connectivity index (χ1) is 3.30. The van der Waals surface area contributed by atoms with Crippen molar-refractivity contribution in [2.75, 3.05) is 13.2 Å². The predicted molar refractivity (Wildman–Crippen MR) is 36.0 cm³/mol. The largest absolute Gasteiger partial charge is 0.370 e. The van der Waals surface area contributed by atoms with Crippen molar-refractivity contribution >= 4 is 34.2 Å². The molecule has 1 aliphatic rings. The highest BCUT2D eigenvalue weighted by atomic mass is 32.1. The normalized spacial score (nSPS) is 21.1. The molecule has 0 N–H and O–H groups in total. The molecule has 0 aromatic rings. The molecular weight excluding hydrogens is 128 g/mol. The van der Waals surface area contributed by atoms with Gasteiger partial charge in [-0.1, -0.05) is 24.4 Å². The van der Waals surface area contributed by atoms with E-state index in [0.29, 0.717) is 13.2 Å². The van der Waals surface area contributed by atoms with E-state index in [1.807, 2.05) is 0 Å². The van der Waals surface area contributed by atoms with Gasteiger partial charge in [0.1, 0.15) is 0 Å². The maximum absolute atomic E-state index is 4.89. The Kier molecular flexibility index (Phi) is 1.46. The van der Waals surface area contributed by atoms with Crippen LogP contribution < -0.4 is 0 Å². The summed E-state index contributed by atoms with van der Waals surface area (Å²) < 4.78 is 4.89. The van der Waals surface area contributed by atoms with Crippen molar-refractivity contribution in [1.82, 2.24) is 0 Å². The summed E-state index contributed by atoms with van der Waals surface area (Å²) in [7, 11) is 0. The van der Waals surface area contributed by atoms with Crippen molar-refractivity contribution < 1.29 is 4.74 Å². The first-order valence-electron chi connectivity index (χ1n) is 1.94. The van der Waals surface area contributed by atoms with E-state index in [1.165, 1.54) is 0 Å². The molecule has 0 unspecified atom stereocenters. The molecule has 1 heterocycles. The third-order valence-electron chi connectivity index (χ3n) is 0.777. The number of rotatable bonds is 0. The molecule has 0 atom stereocenters. The molecule has 1 aliphatic heterocycles. The maximum Gasteiger partial charge on any atom is 0.0834 e. The Hall–Kier alpha value is 0.140. The quantitative estimate of drug-likeness (QED) is 0.450. The first kappa shape index (κ1) is 5.28. The number of hydrogen-bond acceptors (Lipinski definition) is 3. The van der Waals surface area contributed by atoms with Gasteiger partial charge in [0.2, 0.25) is 0 Å². The Labute approximate surface area is 52.7 Å². The van der Waals surface area contributed by atoms with Crippen LogP contribution in [-0.2, 0) is 4.74 Å². The number of thiocarbonyl (C=S) groups is 2. The molecule has 3 heteroatoms. The molecule has 0 bridgehead atoms. The van der Waals surface area contributed by atoms with Crippen molar-refractivity contribution in [2.45, 2.75) is 0 Å². The summed E-state index contributed by atoms with van der Waals surface area (Å²) in [5.74, 6) is 0. The van der Waals surface area contributed by atoms with E-state index in [-0.39, 0.29) is 0 Å². The van der Waals surface area contributed by atoms with Crippen LogP contribution in [0.3, 0.4) is 0 Å². The molecule has 0 aromatic heterocycles. The van der Waals surface area contributed by atoms with E-state index in [1.54, 1.807) is 0 Å². The average molecular weight is 132 g/mol. The fourth-order valence-corrected chi connectivity index (χ4v) is 0.682. The van der Waals surface area contributed by atoms with Gasteiger partial charge >= 0.3 is 0 Å². The lowest BCUT2D eigenvalue weighted by molar-refractivity contribution is 0.233. The van der Waals surface area contributed by atoms with Crippen LogP contribution in [0.1, 0.15) is 0 Å². The summed E-state index contributed by atoms with van der Waals surface area (Å²) in [5.41, 5.74) is 0. The average Bonchev–Trinajstić information content (AvgIpc) is 1.91. The molecule has 0 radical (unpaired) electrons. The Morgan fingerprint density at radius 2 is 1.57 bits per heavy atom. The Morgan fingerprint density at radius 1 is 1.14 bits per heavy atom. The fourth-order valence-electron chi connectivity index (χ4n) is 0.397. The monoisotopic (exact) mass is 132 g/mol. The van der Waals surface area contributed by atoms with Crippen molar-refractivity contribution in [3.8, 4) is 0 Å². The summed E-state index contributed by atoms with van der Waals surface area (Å²) in [6, 6.07) is 0. The number of hydrogen-bond donors (Lipinski definition) is 0. The Balaban J connectivity index is 2.65. The van der Waals surface area contributed by atoms with Crippen molar-refractivity contribution in [2.24, 2.45) is 0 Å². The third kappa shape index (κ3) is 1.02. The summed E-state index contributed by atoms with van der Waals surface area (Å²) in [4.78, 5) is 1.60. The van der Waals surface area contributed by atoms with Crippen LogP contribution in [0.5, 0.6) is 0 Å². The minimum absolute atomic E-state index is 0.564. The van der Waals surface area contributed by atoms with Crippen LogP contribution in [0.2, 0.25) is 0 Å². The molecule has 1 fully saturated rings. The van der Waals surface area contributed by atoms with E-state index in [0.717, 1.165) is 9.73 Å². The molecular formula is C4H4OS2. The second kappa shape index (κ2) is 1.94. The van der Waals surface area contributed by atoms with E-state index < -0.39 is 0 Å². The van der Waals surface area contributed by atoms with Crippen LogP contribution in [0.4, 0.5) is 0 Å². The molecule has 1 rings (SSSR count). The van der Waals surface area contributed by atoms with Gasteiger partial charge in [0.05, 0.1) is 22.9 Å². The van der Waals surface area contributed by atoms with E-state index >= 15 is 0 Å². The summed E-state index contributed by atoms with van der Waals surface area (Å²) in [6.07, 6.45) is 0. The zero-order valence-corrected chi connectivity index (χ0v) is 5.27. The van der Waals surface area contributed by atoms with Gasteiger partial charge in [-0.25, -0.2) is 0 Å². The third-order valence-corrected chi connectivity index (χ3v) is 1.64.